The van der Waals surface area contributed by atoms with Crippen LogP contribution in [-0.2, 0) is 14.4 Å². The molecule has 3 amide bonds. The second kappa shape index (κ2) is 9.16. The summed E-state index contributed by atoms with van der Waals surface area (Å²) in [4.78, 5) is 44.8. The fourth-order valence-electron chi connectivity index (χ4n) is 4.11. The van der Waals surface area contributed by atoms with E-state index in [0.717, 1.165) is 5.56 Å². The number of nitrogens with zero attached hydrogens (tertiary/aromatic N) is 3. The molecule has 4 rings (SSSR count). The molecule has 3 heterocycles. The maximum absolute atomic E-state index is 13.2. The molecular weight excluding hydrogens is 396 g/mol. The van der Waals surface area contributed by atoms with Crippen LogP contribution in [0.15, 0.2) is 48.7 Å². The van der Waals surface area contributed by atoms with Crippen molar-refractivity contribution in [3.8, 4) is 5.75 Å². The zero-order valence-electron chi connectivity index (χ0n) is 17.3. The number of carbonyl (C=O) groups excluding carboxylic acids is 3. The largest absolute Gasteiger partial charge is 0.472 e. The highest BCUT2D eigenvalue weighted by molar-refractivity contribution is 5.99. The number of benzene rings is 1. The number of aromatic nitrogens is 1. The zero-order valence-corrected chi connectivity index (χ0v) is 17.3. The van der Waals surface area contributed by atoms with Gasteiger partial charge in [-0.3, -0.25) is 19.3 Å². The first-order valence-electron chi connectivity index (χ1n) is 10.6. The van der Waals surface area contributed by atoms with E-state index in [0.29, 0.717) is 56.9 Å². The molecule has 162 valence electrons. The number of carbonyl (C=O) groups is 3. The third-order valence-electron chi connectivity index (χ3n) is 5.87. The minimum atomic E-state index is -0.735. The molecule has 1 fully saturated rings. The normalized spacial score (nSPS) is 19.0. The third kappa shape index (κ3) is 4.52. The van der Waals surface area contributed by atoms with Crippen LogP contribution >= 0.6 is 0 Å². The average molecular weight is 422 g/mol. The van der Waals surface area contributed by atoms with E-state index in [9.17, 15) is 14.4 Å². The van der Waals surface area contributed by atoms with Crippen molar-refractivity contribution in [1.29, 1.82) is 0 Å². The van der Waals surface area contributed by atoms with Gasteiger partial charge in [0, 0.05) is 43.7 Å². The number of hydrogen-bond acceptors (Lipinski definition) is 5. The van der Waals surface area contributed by atoms with Gasteiger partial charge in [-0.2, -0.15) is 0 Å². The Balaban J connectivity index is 1.40. The molecule has 0 aliphatic carbocycles. The van der Waals surface area contributed by atoms with E-state index in [1.807, 2.05) is 30.3 Å². The highest BCUT2D eigenvalue weighted by atomic mass is 16.5. The molecule has 0 bridgehead atoms. The van der Waals surface area contributed by atoms with Crippen LogP contribution in [-0.4, -0.2) is 47.2 Å². The molecule has 2 aromatic rings. The number of primary amides is 1. The Morgan fingerprint density at radius 2 is 1.84 bits per heavy atom. The SMILES string of the molecule is NC(=O)C1CCN(C(=O)CCCN2C(=O)[C@@H](c3ccccc3)Oc3cccnc32)CC1. The van der Waals surface area contributed by atoms with Gasteiger partial charge in [0.05, 0.1) is 0 Å². The van der Waals surface area contributed by atoms with E-state index in [1.54, 1.807) is 28.1 Å². The van der Waals surface area contributed by atoms with Crippen molar-refractivity contribution in [2.24, 2.45) is 11.7 Å². The van der Waals surface area contributed by atoms with Gasteiger partial charge >= 0.3 is 0 Å². The van der Waals surface area contributed by atoms with Crippen LogP contribution in [0.3, 0.4) is 0 Å². The number of hydrogen-bond donors (Lipinski definition) is 1. The number of likely N-dealkylation sites (tertiary alicyclic amines) is 1. The van der Waals surface area contributed by atoms with Gasteiger partial charge in [-0.05, 0) is 31.4 Å². The summed E-state index contributed by atoms with van der Waals surface area (Å²) in [6.07, 6.45) is 2.95. The standard InChI is InChI=1S/C23H26N4O4/c24-21(29)17-10-14-26(15-11-17)19(28)9-5-13-27-22-18(8-4-12-25-22)31-20(23(27)30)16-6-2-1-3-7-16/h1-4,6-8,12,17,20H,5,9-11,13-15H2,(H2,24,29)/t20-/m1/s1. The lowest BCUT2D eigenvalue weighted by atomic mass is 9.96. The van der Waals surface area contributed by atoms with Crippen LogP contribution in [0.5, 0.6) is 5.75 Å². The summed E-state index contributed by atoms with van der Waals surface area (Å²) in [5, 5.41) is 0. The summed E-state index contributed by atoms with van der Waals surface area (Å²) in [6.45, 7) is 1.46. The lowest BCUT2D eigenvalue weighted by molar-refractivity contribution is -0.135. The highest BCUT2D eigenvalue weighted by Crippen LogP contribution is 2.37. The van der Waals surface area contributed by atoms with Crippen molar-refractivity contribution in [2.75, 3.05) is 24.5 Å². The van der Waals surface area contributed by atoms with Crippen LogP contribution in [0.2, 0.25) is 0 Å². The number of amides is 3. The highest BCUT2D eigenvalue weighted by Gasteiger charge is 2.36. The number of ether oxygens (including phenoxy) is 1. The molecule has 8 heteroatoms. The number of rotatable bonds is 6. The summed E-state index contributed by atoms with van der Waals surface area (Å²) in [5.41, 5.74) is 6.14. The van der Waals surface area contributed by atoms with Crippen molar-refractivity contribution in [3.05, 3.63) is 54.2 Å². The fraction of sp³-hybridized carbons (Fsp3) is 0.391. The smallest absolute Gasteiger partial charge is 0.274 e. The molecule has 8 nitrogen and oxygen atoms in total. The summed E-state index contributed by atoms with van der Waals surface area (Å²) < 4.78 is 5.95. The molecule has 0 radical (unpaired) electrons. The summed E-state index contributed by atoms with van der Waals surface area (Å²) >= 11 is 0. The van der Waals surface area contributed by atoms with Gasteiger partial charge in [-0.15, -0.1) is 0 Å². The Bertz CT molecular complexity index is 957. The van der Waals surface area contributed by atoms with E-state index < -0.39 is 6.10 Å². The third-order valence-corrected chi connectivity index (χ3v) is 5.87. The molecule has 1 saturated heterocycles. The number of fused-ring (bicyclic) bond motifs is 1. The van der Waals surface area contributed by atoms with Crippen LogP contribution < -0.4 is 15.4 Å². The van der Waals surface area contributed by atoms with Gasteiger partial charge in [0.15, 0.2) is 11.6 Å². The first-order chi connectivity index (χ1) is 15.0. The maximum atomic E-state index is 13.2. The van der Waals surface area contributed by atoms with E-state index in [4.69, 9.17) is 10.5 Å². The molecule has 0 spiro atoms. The van der Waals surface area contributed by atoms with Crippen LogP contribution in [0.1, 0.15) is 37.4 Å². The van der Waals surface area contributed by atoms with Crippen molar-refractivity contribution >= 4 is 23.5 Å². The molecule has 0 saturated carbocycles. The molecule has 1 aromatic carbocycles. The first-order valence-corrected chi connectivity index (χ1v) is 10.6. The number of nitrogens with two attached hydrogens (primary N) is 1. The molecule has 0 unspecified atom stereocenters. The number of anilines is 1. The second-order valence-corrected chi connectivity index (χ2v) is 7.88. The van der Waals surface area contributed by atoms with E-state index in [-0.39, 0.29) is 23.6 Å². The minimum Gasteiger partial charge on any atom is -0.472 e. The Morgan fingerprint density at radius 3 is 2.55 bits per heavy atom. The quantitative estimate of drug-likeness (QED) is 0.767. The lowest BCUT2D eigenvalue weighted by Gasteiger charge is -2.34. The molecular formula is C23H26N4O4. The average Bonchev–Trinajstić information content (AvgIpc) is 2.80. The monoisotopic (exact) mass is 422 g/mol. The van der Waals surface area contributed by atoms with Crippen molar-refractivity contribution in [1.82, 2.24) is 9.88 Å². The maximum Gasteiger partial charge on any atom is 0.274 e. The van der Waals surface area contributed by atoms with Gasteiger partial charge < -0.3 is 15.4 Å². The minimum absolute atomic E-state index is 0.0319. The predicted octanol–water partition coefficient (Wildman–Crippen LogP) is 2.05. The molecule has 2 aliphatic heterocycles. The van der Waals surface area contributed by atoms with Gasteiger partial charge in [0.25, 0.3) is 5.91 Å². The zero-order chi connectivity index (χ0) is 21.8. The van der Waals surface area contributed by atoms with Crippen molar-refractivity contribution in [2.45, 2.75) is 31.8 Å². The Hall–Kier alpha value is -3.42. The van der Waals surface area contributed by atoms with Gasteiger partial charge in [-0.25, -0.2) is 4.98 Å². The fourth-order valence-corrected chi connectivity index (χ4v) is 4.11. The van der Waals surface area contributed by atoms with Gasteiger partial charge in [-0.1, -0.05) is 30.3 Å². The summed E-state index contributed by atoms with van der Waals surface area (Å²) in [7, 11) is 0. The van der Waals surface area contributed by atoms with Crippen LogP contribution in [0.4, 0.5) is 5.82 Å². The molecule has 31 heavy (non-hydrogen) atoms. The molecule has 1 atom stereocenters. The Morgan fingerprint density at radius 1 is 1.10 bits per heavy atom. The van der Waals surface area contributed by atoms with Crippen molar-refractivity contribution < 1.29 is 19.1 Å². The summed E-state index contributed by atoms with van der Waals surface area (Å²) in [6, 6.07) is 12.9. The number of pyridine rings is 1. The van der Waals surface area contributed by atoms with Gasteiger partial charge in [0.1, 0.15) is 0 Å². The molecule has 2 N–H and O–H groups in total. The first kappa shape index (κ1) is 20.8. The molecule has 1 aromatic heterocycles. The lowest BCUT2D eigenvalue weighted by Crippen LogP contribution is -2.43. The van der Waals surface area contributed by atoms with E-state index in [1.165, 1.54) is 0 Å². The van der Waals surface area contributed by atoms with E-state index in [2.05, 4.69) is 4.98 Å². The van der Waals surface area contributed by atoms with Crippen LogP contribution in [0, 0.1) is 5.92 Å². The molecule has 2 aliphatic rings. The van der Waals surface area contributed by atoms with Crippen LogP contribution in [0.25, 0.3) is 0 Å². The predicted molar refractivity (Wildman–Crippen MR) is 114 cm³/mol. The topological polar surface area (TPSA) is 106 Å². The summed E-state index contributed by atoms with van der Waals surface area (Å²) in [5.74, 6) is 0.436. The van der Waals surface area contributed by atoms with E-state index >= 15 is 0 Å². The Kier molecular flexibility index (Phi) is 6.16. The second-order valence-electron chi connectivity index (χ2n) is 7.88. The van der Waals surface area contributed by atoms with Gasteiger partial charge in [0.2, 0.25) is 17.9 Å². The number of piperidine rings is 1. The Labute approximate surface area is 181 Å². The van der Waals surface area contributed by atoms with Crippen molar-refractivity contribution in [3.63, 3.8) is 0 Å².